The molecule has 1 fully saturated rings. The molecule has 1 saturated heterocycles. The van der Waals surface area contributed by atoms with Gasteiger partial charge in [-0.15, -0.1) is 0 Å². The third kappa shape index (κ3) is 2.46. The molecule has 1 aliphatic rings. The predicted molar refractivity (Wildman–Crippen MR) is 68.0 cm³/mol. The first-order valence-corrected chi connectivity index (χ1v) is 6.19. The second-order valence-corrected chi connectivity index (χ2v) is 4.56. The quantitative estimate of drug-likeness (QED) is 0.886. The highest BCUT2D eigenvalue weighted by atomic mass is 16.5. The Morgan fingerprint density at radius 2 is 2.44 bits per heavy atom. The Kier molecular flexibility index (Phi) is 3.81. The summed E-state index contributed by atoms with van der Waals surface area (Å²) in [7, 11) is 0. The summed E-state index contributed by atoms with van der Waals surface area (Å²) in [6.07, 6.45) is 4.08. The second kappa shape index (κ2) is 5.35. The largest absolute Gasteiger partial charge is 0.478 e. The van der Waals surface area contributed by atoms with Crippen LogP contribution in [-0.4, -0.2) is 41.4 Å². The molecule has 0 amide bonds. The van der Waals surface area contributed by atoms with Crippen LogP contribution in [0.25, 0.3) is 0 Å². The Hall–Kier alpha value is -1.62. The van der Waals surface area contributed by atoms with Crippen molar-refractivity contribution in [3.05, 3.63) is 24.0 Å². The fraction of sp³-hybridized carbons (Fsp3) is 0.538. The molecule has 2 rings (SSSR count). The summed E-state index contributed by atoms with van der Waals surface area (Å²) in [4.78, 5) is 17.3. The zero-order valence-electron chi connectivity index (χ0n) is 10.7. The molecule has 1 N–H and O–H groups in total. The number of ether oxygens (including phenoxy) is 1. The van der Waals surface area contributed by atoms with Crippen LogP contribution in [0.1, 0.15) is 30.6 Å². The summed E-state index contributed by atoms with van der Waals surface area (Å²) in [5, 5.41) is 9.22. The molecule has 2 heterocycles. The van der Waals surface area contributed by atoms with Crippen LogP contribution in [0.15, 0.2) is 18.5 Å². The van der Waals surface area contributed by atoms with E-state index in [1.165, 1.54) is 6.20 Å². The van der Waals surface area contributed by atoms with Crippen molar-refractivity contribution in [3.63, 3.8) is 0 Å². The van der Waals surface area contributed by atoms with Crippen molar-refractivity contribution in [1.29, 1.82) is 0 Å². The minimum Gasteiger partial charge on any atom is -0.478 e. The number of carbonyl (C=O) groups is 1. The van der Waals surface area contributed by atoms with Crippen LogP contribution in [0.3, 0.4) is 0 Å². The van der Waals surface area contributed by atoms with E-state index in [0.29, 0.717) is 13.2 Å². The van der Waals surface area contributed by atoms with Crippen molar-refractivity contribution in [1.82, 2.24) is 4.98 Å². The third-order valence-electron chi connectivity index (χ3n) is 3.28. The molecule has 0 spiro atoms. The van der Waals surface area contributed by atoms with E-state index < -0.39 is 5.97 Å². The summed E-state index contributed by atoms with van der Waals surface area (Å²) < 4.78 is 5.63. The van der Waals surface area contributed by atoms with Crippen molar-refractivity contribution in [3.8, 4) is 0 Å². The molecule has 1 aromatic rings. The summed E-state index contributed by atoms with van der Waals surface area (Å²) in [5.41, 5.74) is 0.990. The molecule has 2 atom stereocenters. The lowest BCUT2D eigenvalue weighted by Gasteiger charge is -2.40. The number of morpholine rings is 1. The van der Waals surface area contributed by atoms with Gasteiger partial charge >= 0.3 is 5.97 Å². The van der Waals surface area contributed by atoms with Gasteiger partial charge in [-0.25, -0.2) is 4.79 Å². The highest BCUT2D eigenvalue weighted by Crippen LogP contribution is 2.26. The molecule has 0 bridgehead atoms. The molecule has 2 unspecified atom stereocenters. The van der Waals surface area contributed by atoms with Crippen molar-refractivity contribution in [2.24, 2.45) is 0 Å². The van der Waals surface area contributed by atoms with Gasteiger partial charge in [0.2, 0.25) is 0 Å². The maximum Gasteiger partial charge on any atom is 0.339 e. The van der Waals surface area contributed by atoms with Crippen LogP contribution in [0, 0.1) is 0 Å². The maximum absolute atomic E-state index is 11.2. The average Bonchev–Trinajstić information content (AvgIpc) is 2.38. The van der Waals surface area contributed by atoms with Crippen molar-refractivity contribution in [2.75, 3.05) is 18.1 Å². The molecular weight excluding hydrogens is 232 g/mol. The minimum absolute atomic E-state index is 0.114. The molecule has 5 nitrogen and oxygen atoms in total. The summed E-state index contributed by atoms with van der Waals surface area (Å²) in [6, 6.07) is 1.99. The molecule has 5 heteroatoms. The van der Waals surface area contributed by atoms with E-state index in [-0.39, 0.29) is 17.7 Å². The van der Waals surface area contributed by atoms with Gasteiger partial charge in [-0.1, -0.05) is 6.92 Å². The van der Waals surface area contributed by atoms with E-state index in [0.717, 1.165) is 12.1 Å². The molecule has 0 aliphatic carbocycles. The van der Waals surface area contributed by atoms with Crippen LogP contribution in [0.4, 0.5) is 5.69 Å². The van der Waals surface area contributed by atoms with Crippen LogP contribution in [0.5, 0.6) is 0 Å². The van der Waals surface area contributed by atoms with Gasteiger partial charge in [-0.05, 0) is 19.4 Å². The molecule has 98 valence electrons. The molecule has 0 aromatic carbocycles. The molecule has 0 radical (unpaired) electrons. The van der Waals surface area contributed by atoms with Crippen molar-refractivity contribution in [2.45, 2.75) is 32.4 Å². The Bertz CT molecular complexity index is 436. The average molecular weight is 250 g/mol. The lowest BCUT2D eigenvalue weighted by molar-refractivity contribution is 0.0297. The van der Waals surface area contributed by atoms with E-state index in [1.807, 2.05) is 6.92 Å². The minimum atomic E-state index is -0.938. The Balaban J connectivity index is 2.36. The summed E-state index contributed by atoms with van der Waals surface area (Å²) in [5.74, 6) is -0.938. The van der Waals surface area contributed by atoms with Gasteiger partial charge in [0.25, 0.3) is 0 Å². The van der Waals surface area contributed by atoms with Crippen molar-refractivity contribution >= 4 is 11.7 Å². The fourth-order valence-corrected chi connectivity index (χ4v) is 2.28. The Labute approximate surface area is 106 Å². The van der Waals surface area contributed by atoms with Gasteiger partial charge in [-0.3, -0.25) is 4.98 Å². The molecular formula is C13H18N2O3. The molecule has 0 saturated carbocycles. The fourth-order valence-electron chi connectivity index (χ4n) is 2.28. The smallest absolute Gasteiger partial charge is 0.339 e. The van der Waals surface area contributed by atoms with Gasteiger partial charge in [0, 0.05) is 18.9 Å². The highest BCUT2D eigenvalue weighted by Gasteiger charge is 2.28. The van der Waals surface area contributed by atoms with Gasteiger partial charge < -0.3 is 14.7 Å². The van der Waals surface area contributed by atoms with Crippen molar-refractivity contribution < 1.29 is 14.6 Å². The number of anilines is 1. The first kappa shape index (κ1) is 12.8. The third-order valence-corrected chi connectivity index (χ3v) is 3.28. The van der Waals surface area contributed by atoms with Gasteiger partial charge in [0.05, 0.1) is 24.4 Å². The lowest BCUT2D eigenvalue weighted by Crippen LogP contribution is -2.49. The first-order valence-electron chi connectivity index (χ1n) is 6.19. The molecule has 18 heavy (non-hydrogen) atoms. The van der Waals surface area contributed by atoms with E-state index in [4.69, 9.17) is 4.74 Å². The van der Waals surface area contributed by atoms with Gasteiger partial charge in [0.1, 0.15) is 5.56 Å². The summed E-state index contributed by atoms with van der Waals surface area (Å²) >= 11 is 0. The van der Waals surface area contributed by atoms with E-state index in [2.05, 4.69) is 16.8 Å². The number of aromatic carboxylic acids is 1. The Morgan fingerprint density at radius 3 is 3.11 bits per heavy atom. The monoisotopic (exact) mass is 250 g/mol. The number of pyridine rings is 1. The standard InChI is InChI=1S/C13H18N2O3/c1-3-10-8-18-9(2)7-15(10)12-4-5-14-6-11(12)13(16)17/h4-6,9-10H,3,7-8H2,1-2H3,(H,16,17). The zero-order chi connectivity index (χ0) is 13.1. The Morgan fingerprint density at radius 1 is 1.67 bits per heavy atom. The molecule has 1 aliphatic heterocycles. The zero-order valence-corrected chi connectivity index (χ0v) is 10.7. The number of carboxylic acids is 1. The van der Waals surface area contributed by atoms with E-state index in [1.54, 1.807) is 12.3 Å². The highest BCUT2D eigenvalue weighted by molar-refractivity contribution is 5.94. The lowest BCUT2D eigenvalue weighted by atomic mass is 10.1. The normalized spacial score (nSPS) is 24.0. The summed E-state index contributed by atoms with van der Waals surface area (Å²) in [6.45, 7) is 5.43. The number of nitrogens with zero attached hydrogens (tertiary/aromatic N) is 2. The number of aromatic nitrogens is 1. The van der Waals surface area contributed by atoms with Crippen LogP contribution in [-0.2, 0) is 4.74 Å². The number of carboxylic acid groups (broad SMARTS) is 1. The SMILES string of the molecule is CCC1COC(C)CN1c1ccncc1C(=O)O. The van der Waals surface area contributed by atoms with Crippen LogP contribution < -0.4 is 4.90 Å². The van der Waals surface area contributed by atoms with E-state index >= 15 is 0 Å². The second-order valence-electron chi connectivity index (χ2n) is 4.56. The topological polar surface area (TPSA) is 62.7 Å². The number of rotatable bonds is 3. The van der Waals surface area contributed by atoms with Gasteiger partial charge in [-0.2, -0.15) is 0 Å². The first-order chi connectivity index (χ1) is 8.63. The maximum atomic E-state index is 11.2. The van der Waals surface area contributed by atoms with Crippen LogP contribution >= 0.6 is 0 Å². The predicted octanol–water partition coefficient (Wildman–Crippen LogP) is 1.78. The van der Waals surface area contributed by atoms with Gasteiger partial charge in [0.15, 0.2) is 0 Å². The van der Waals surface area contributed by atoms with E-state index in [9.17, 15) is 9.90 Å². The molecule has 1 aromatic heterocycles. The van der Waals surface area contributed by atoms with Crippen LogP contribution in [0.2, 0.25) is 0 Å². The number of hydrogen-bond donors (Lipinski definition) is 1. The number of hydrogen-bond acceptors (Lipinski definition) is 4.